The zero-order valence-corrected chi connectivity index (χ0v) is 16.1. The number of nitro benzene ring substituents is 1. The monoisotopic (exact) mass is 397 g/mol. The van der Waals surface area contributed by atoms with Crippen LogP contribution in [0, 0.1) is 24.0 Å². The Morgan fingerprint density at radius 3 is 2.55 bits per heavy atom. The molecule has 29 heavy (non-hydrogen) atoms. The van der Waals surface area contributed by atoms with E-state index in [2.05, 4.69) is 15.1 Å². The van der Waals surface area contributed by atoms with Crippen LogP contribution >= 0.6 is 0 Å². The number of ketones is 1. The van der Waals surface area contributed by atoms with Crippen LogP contribution in [0.5, 0.6) is 0 Å². The highest BCUT2D eigenvalue weighted by Crippen LogP contribution is 2.21. The van der Waals surface area contributed by atoms with Crippen molar-refractivity contribution >= 4 is 17.4 Å². The summed E-state index contributed by atoms with van der Waals surface area (Å²) in [6, 6.07) is 5.82. The first-order valence-electron chi connectivity index (χ1n) is 8.85. The van der Waals surface area contributed by atoms with E-state index in [0.717, 1.165) is 0 Å². The van der Waals surface area contributed by atoms with Crippen molar-refractivity contribution in [2.75, 3.05) is 6.61 Å². The molecule has 1 N–H and O–H groups in total. The molecule has 0 spiro atoms. The van der Waals surface area contributed by atoms with Crippen molar-refractivity contribution in [2.45, 2.75) is 27.3 Å². The summed E-state index contributed by atoms with van der Waals surface area (Å²) < 4.78 is 6.41. The Morgan fingerprint density at radius 1 is 1.24 bits per heavy atom. The van der Waals surface area contributed by atoms with E-state index < -0.39 is 10.9 Å². The number of aromatic nitrogens is 4. The average molecular weight is 397 g/mol. The maximum absolute atomic E-state index is 12.7. The summed E-state index contributed by atoms with van der Waals surface area (Å²) in [6.07, 6.45) is 1.41. The summed E-state index contributed by atoms with van der Waals surface area (Å²) in [7, 11) is 0. The first kappa shape index (κ1) is 19.9. The Morgan fingerprint density at radius 2 is 1.93 bits per heavy atom. The fraction of sp³-hybridized carbons (Fsp3) is 0.263. The summed E-state index contributed by atoms with van der Waals surface area (Å²) in [6.45, 7) is 5.28. The van der Waals surface area contributed by atoms with Crippen LogP contribution in [0.15, 0.2) is 30.6 Å². The van der Waals surface area contributed by atoms with Crippen molar-refractivity contribution in [3.63, 3.8) is 0 Å². The smallest absolute Gasteiger partial charge is 0.340 e. The van der Waals surface area contributed by atoms with Gasteiger partial charge in [-0.3, -0.25) is 14.9 Å². The molecule has 0 unspecified atom stereocenters. The van der Waals surface area contributed by atoms with Crippen molar-refractivity contribution in [2.24, 2.45) is 0 Å². The molecule has 0 radical (unpaired) electrons. The van der Waals surface area contributed by atoms with E-state index in [0.29, 0.717) is 33.9 Å². The maximum atomic E-state index is 12.7. The minimum atomic E-state index is -0.486. The van der Waals surface area contributed by atoms with Gasteiger partial charge in [-0.05, 0) is 38.5 Å². The minimum Gasteiger partial charge on any atom is -0.462 e. The number of H-pyrrole nitrogens is 1. The lowest BCUT2D eigenvalue weighted by molar-refractivity contribution is -0.384. The number of nitrogens with zero attached hydrogens (tertiary/aromatic N) is 4. The first-order valence-corrected chi connectivity index (χ1v) is 8.85. The largest absolute Gasteiger partial charge is 0.462 e. The number of benzene rings is 1. The van der Waals surface area contributed by atoms with Gasteiger partial charge in [0.25, 0.3) is 5.69 Å². The predicted molar refractivity (Wildman–Crippen MR) is 103 cm³/mol. The van der Waals surface area contributed by atoms with E-state index >= 15 is 0 Å². The van der Waals surface area contributed by atoms with Crippen molar-refractivity contribution in [1.82, 2.24) is 19.7 Å². The van der Waals surface area contributed by atoms with Crippen LogP contribution in [0.3, 0.4) is 0 Å². The lowest BCUT2D eigenvalue weighted by Gasteiger charge is -2.03. The van der Waals surface area contributed by atoms with Crippen molar-refractivity contribution in [1.29, 1.82) is 0 Å². The van der Waals surface area contributed by atoms with Gasteiger partial charge in [0.15, 0.2) is 5.82 Å². The zero-order chi connectivity index (χ0) is 21.1. The van der Waals surface area contributed by atoms with E-state index in [1.807, 2.05) is 0 Å². The number of esters is 1. The Bertz CT molecular complexity index is 1080. The molecule has 3 aromatic rings. The van der Waals surface area contributed by atoms with Gasteiger partial charge >= 0.3 is 5.97 Å². The van der Waals surface area contributed by atoms with Crippen LogP contribution in [-0.4, -0.2) is 43.0 Å². The van der Waals surface area contributed by atoms with Gasteiger partial charge < -0.3 is 9.72 Å². The molecule has 150 valence electrons. The molecule has 2 heterocycles. The quantitative estimate of drug-likeness (QED) is 0.280. The van der Waals surface area contributed by atoms with Crippen molar-refractivity contribution in [3.05, 3.63) is 63.2 Å². The molecule has 0 bridgehead atoms. The zero-order valence-electron chi connectivity index (χ0n) is 16.1. The predicted octanol–water partition coefficient (Wildman–Crippen LogP) is 2.86. The number of aryl methyl sites for hydroxylation is 1. The van der Waals surface area contributed by atoms with Gasteiger partial charge in [0.2, 0.25) is 5.78 Å². The highest BCUT2D eigenvalue weighted by atomic mass is 16.6. The third-order valence-corrected chi connectivity index (χ3v) is 4.37. The molecule has 0 aliphatic heterocycles. The van der Waals surface area contributed by atoms with Crippen molar-refractivity contribution in [3.8, 4) is 11.4 Å². The van der Waals surface area contributed by atoms with E-state index in [-0.39, 0.29) is 24.6 Å². The summed E-state index contributed by atoms with van der Waals surface area (Å²) in [5.74, 6) is -0.389. The van der Waals surface area contributed by atoms with Gasteiger partial charge in [0.05, 0.1) is 22.8 Å². The van der Waals surface area contributed by atoms with Gasteiger partial charge in [-0.1, -0.05) is 0 Å². The number of rotatable bonds is 7. The molecule has 0 atom stereocenters. The molecule has 0 amide bonds. The maximum Gasteiger partial charge on any atom is 0.340 e. The molecule has 1 aromatic carbocycles. The SMILES string of the molecule is CCOC(=O)c1c(C)[nH]c(C(=O)Cn2cnc(-c3ccc([N+](=O)[O-])cc3)n2)c1C. The second-order valence-corrected chi connectivity index (χ2v) is 6.34. The number of carbonyl (C=O) groups excluding carboxylic acids is 2. The molecular weight excluding hydrogens is 378 g/mol. The number of nitro groups is 1. The lowest BCUT2D eigenvalue weighted by Crippen LogP contribution is -2.13. The van der Waals surface area contributed by atoms with Gasteiger partial charge in [-0.15, -0.1) is 0 Å². The summed E-state index contributed by atoms with van der Waals surface area (Å²) in [5, 5.41) is 15.0. The molecule has 10 nitrogen and oxygen atoms in total. The molecule has 0 saturated carbocycles. The Hall–Kier alpha value is -3.82. The number of ether oxygens (including phenoxy) is 1. The van der Waals surface area contributed by atoms with E-state index in [1.54, 1.807) is 32.9 Å². The number of non-ortho nitro benzene ring substituents is 1. The fourth-order valence-electron chi connectivity index (χ4n) is 3.00. The third kappa shape index (κ3) is 4.05. The minimum absolute atomic E-state index is 0.0293. The molecular formula is C19H19N5O5. The van der Waals surface area contributed by atoms with Crippen molar-refractivity contribution < 1.29 is 19.2 Å². The molecule has 0 aliphatic carbocycles. The summed E-state index contributed by atoms with van der Waals surface area (Å²) >= 11 is 0. The van der Waals surface area contributed by atoms with E-state index in [4.69, 9.17) is 4.74 Å². The molecule has 2 aromatic heterocycles. The fourth-order valence-corrected chi connectivity index (χ4v) is 3.00. The van der Waals surface area contributed by atoms with Crippen LogP contribution in [-0.2, 0) is 11.3 Å². The molecule has 0 fully saturated rings. The molecule has 0 saturated heterocycles. The lowest BCUT2D eigenvalue weighted by atomic mass is 10.1. The molecule has 3 rings (SSSR count). The van der Waals surface area contributed by atoms with Crippen LogP contribution in [0.2, 0.25) is 0 Å². The number of nitrogens with one attached hydrogen (secondary N) is 1. The summed E-state index contributed by atoms with van der Waals surface area (Å²) in [5.41, 5.74) is 2.34. The Balaban J connectivity index is 1.78. The van der Waals surface area contributed by atoms with Gasteiger partial charge in [0, 0.05) is 23.4 Å². The first-order chi connectivity index (χ1) is 13.8. The number of Topliss-reactive ketones (excluding diaryl/α,β-unsaturated/α-hetero) is 1. The highest BCUT2D eigenvalue weighted by molar-refractivity contribution is 6.01. The Labute approximate surface area is 165 Å². The van der Waals surface area contributed by atoms with Gasteiger partial charge in [-0.2, -0.15) is 5.10 Å². The molecule has 0 aliphatic rings. The van der Waals surface area contributed by atoms with Gasteiger partial charge in [0.1, 0.15) is 12.9 Å². The standard InChI is InChI=1S/C19H19N5O5/c1-4-29-19(26)16-11(2)17(21-12(16)3)15(25)9-23-10-20-18(22-23)13-5-7-14(8-6-13)24(27)28/h5-8,10,21H,4,9H2,1-3H3. The van der Waals surface area contributed by atoms with E-state index in [9.17, 15) is 19.7 Å². The second kappa shape index (κ2) is 8.05. The third-order valence-electron chi connectivity index (χ3n) is 4.37. The average Bonchev–Trinajstić information content (AvgIpc) is 3.26. The number of hydrogen-bond acceptors (Lipinski definition) is 7. The normalized spacial score (nSPS) is 10.7. The Kier molecular flexibility index (Phi) is 5.53. The summed E-state index contributed by atoms with van der Waals surface area (Å²) in [4.78, 5) is 42.1. The second-order valence-electron chi connectivity index (χ2n) is 6.34. The highest BCUT2D eigenvalue weighted by Gasteiger charge is 2.23. The van der Waals surface area contributed by atoms with Crippen LogP contribution in [0.25, 0.3) is 11.4 Å². The van der Waals surface area contributed by atoms with Crippen LogP contribution < -0.4 is 0 Å². The van der Waals surface area contributed by atoms with Crippen LogP contribution in [0.1, 0.15) is 39.0 Å². The number of carbonyl (C=O) groups is 2. The van der Waals surface area contributed by atoms with E-state index in [1.165, 1.54) is 23.1 Å². The number of aromatic amines is 1. The topological polar surface area (TPSA) is 133 Å². The molecule has 10 heteroatoms. The number of hydrogen-bond donors (Lipinski definition) is 1. The van der Waals surface area contributed by atoms with Crippen LogP contribution in [0.4, 0.5) is 5.69 Å². The van der Waals surface area contributed by atoms with Gasteiger partial charge in [-0.25, -0.2) is 14.5 Å².